The summed E-state index contributed by atoms with van der Waals surface area (Å²) in [6.45, 7) is 4.42. The summed E-state index contributed by atoms with van der Waals surface area (Å²) < 4.78 is 5.04. The van der Waals surface area contributed by atoms with E-state index in [-0.39, 0.29) is 5.91 Å². The number of rotatable bonds is 2. The van der Waals surface area contributed by atoms with Gasteiger partial charge in [-0.3, -0.25) is 4.79 Å². The van der Waals surface area contributed by atoms with Gasteiger partial charge in [0.1, 0.15) is 11.6 Å². The summed E-state index contributed by atoms with van der Waals surface area (Å²) in [5.41, 5.74) is 0.418. The van der Waals surface area contributed by atoms with Gasteiger partial charge in [-0.15, -0.1) is 0 Å². The summed E-state index contributed by atoms with van der Waals surface area (Å²) in [4.78, 5) is 21.5. The van der Waals surface area contributed by atoms with E-state index < -0.39 is 0 Å². The number of hydrogen-bond acceptors (Lipinski definition) is 5. The molecule has 0 saturated carbocycles. The first kappa shape index (κ1) is 15.2. The van der Waals surface area contributed by atoms with E-state index in [2.05, 4.69) is 21.1 Å². The lowest BCUT2D eigenvalue weighted by Gasteiger charge is -2.28. The van der Waals surface area contributed by atoms with E-state index in [1.165, 1.54) is 6.42 Å². The topological polar surface area (TPSA) is 62.5 Å². The molecular weight excluding hydrogens is 304 g/mol. The van der Waals surface area contributed by atoms with E-state index in [4.69, 9.17) is 4.52 Å². The second kappa shape index (κ2) is 6.26. The van der Waals surface area contributed by atoms with Crippen LogP contribution in [0.4, 0.5) is 5.82 Å². The van der Waals surface area contributed by atoms with E-state index in [9.17, 15) is 4.79 Å². The number of aromatic nitrogens is 2. The largest absolute Gasteiger partial charge is 0.361 e. The summed E-state index contributed by atoms with van der Waals surface area (Å²) in [5.74, 6) is 2.34. The van der Waals surface area contributed by atoms with Crippen molar-refractivity contribution in [1.29, 1.82) is 0 Å². The number of fused-ring (bicyclic) bond motifs is 1. The third kappa shape index (κ3) is 2.77. The first-order valence-corrected chi connectivity index (χ1v) is 8.62. The number of pyridine rings is 1. The molecule has 4 heterocycles. The fourth-order valence-electron chi connectivity index (χ4n) is 4.01. The molecule has 6 heteroatoms. The molecule has 0 N–H and O–H groups in total. The van der Waals surface area contributed by atoms with Gasteiger partial charge in [0.2, 0.25) is 0 Å². The van der Waals surface area contributed by atoms with Crippen LogP contribution in [0, 0.1) is 12.8 Å². The van der Waals surface area contributed by atoms with Gasteiger partial charge in [0, 0.05) is 37.9 Å². The van der Waals surface area contributed by atoms with Crippen LogP contribution in [0.2, 0.25) is 0 Å². The number of hydrogen-bond donors (Lipinski definition) is 0. The van der Waals surface area contributed by atoms with Crippen molar-refractivity contribution in [3.63, 3.8) is 0 Å². The first-order valence-electron chi connectivity index (χ1n) is 8.62. The average Bonchev–Trinajstić information content (AvgIpc) is 3.16. The van der Waals surface area contributed by atoms with E-state index in [1.54, 1.807) is 13.0 Å². The highest BCUT2D eigenvalue weighted by molar-refractivity contribution is 5.92. The van der Waals surface area contributed by atoms with Crippen LogP contribution in [0.5, 0.6) is 0 Å². The highest BCUT2D eigenvalue weighted by Gasteiger charge is 2.37. The molecule has 2 aliphatic heterocycles. The molecule has 0 bridgehead atoms. The summed E-state index contributed by atoms with van der Waals surface area (Å²) in [6.07, 6.45) is 5.04. The van der Waals surface area contributed by atoms with Gasteiger partial charge in [0.05, 0.1) is 0 Å². The molecule has 0 radical (unpaired) electrons. The Hall–Kier alpha value is -2.37. The van der Waals surface area contributed by atoms with Gasteiger partial charge in [0.25, 0.3) is 5.91 Å². The minimum Gasteiger partial charge on any atom is -0.361 e. The Bertz CT molecular complexity index is 715. The Morgan fingerprint density at radius 1 is 1.21 bits per heavy atom. The van der Waals surface area contributed by atoms with Crippen molar-refractivity contribution >= 4 is 11.7 Å². The molecule has 2 aromatic rings. The minimum atomic E-state index is -0.0174. The average molecular weight is 326 g/mol. The highest BCUT2D eigenvalue weighted by atomic mass is 16.5. The molecule has 2 atom stereocenters. The summed E-state index contributed by atoms with van der Waals surface area (Å²) >= 11 is 0. The Morgan fingerprint density at radius 3 is 2.79 bits per heavy atom. The maximum absolute atomic E-state index is 12.6. The highest BCUT2D eigenvalue weighted by Crippen LogP contribution is 2.34. The van der Waals surface area contributed by atoms with Crippen LogP contribution in [-0.2, 0) is 0 Å². The van der Waals surface area contributed by atoms with Crippen LogP contribution in [0.25, 0.3) is 0 Å². The van der Waals surface area contributed by atoms with Crippen LogP contribution in [0.1, 0.15) is 35.5 Å². The number of carbonyl (C=O) groups excluding carboxylic acids is 1. The van der Waals surface area contributed by atoms with Crippen molar-refractivity contribution in [2.24, 2.45) is 5.92 Å². The van der Waals surface area contributed by atoms with Crippen molar-refractivity contribution < 1.29 is 9.32 Å². The van der Waals surface area contributed by atoms with Crippen LogP contribution in [0.3, 0.4) is 0 Å². The molecule has 0 unspecified atom stereocenters. The van der Waals surface area contributed by atoms with Gasteiger partial charge in [-0.2, -0.15) is 0 Å². The SMILES string of the molecule is Cc1cc(C(=O)N2CC[C@@H]3CCN(c4ccccn4)[C@H]3CC2)no1. The fourth-order valence-corrected chi connectivity index (χ4v) is 4.01. The van der Waals surface area contributed by atoms with Gasteiger partial charge >= 0.3 is 0 Å². The molecule has 24 heavy (non-hydrogen) atoms. The molecule has 0 aliphatic carbocycles. The quantitative estimate of drug-likeness (QED) is 0.848. The van der Waals surface area contributed by atoms with Crippen LogP contribution >= 0.6 is 0 Å². The second-order valence-electron chi connectivity index (χ2n) is 6.69. The monoisotopic (exact) mass is 326 g/mol. The number of anilines is 1. The number of aryl methyl sites for hydroxylation is 1. The zero-order valence-corrected chi connectivity index (χ0v) is 13.9. The molecule has 2 fully saturated rings. The summed E-state index contributed by atoms with van der Waals surface area (Å²) in [6, 6.07) is 8.25. The van der Waals surface area contributed by atoms with Gasteiger partial charge in [-0.25, -0.2) is 4.98 Å². The van der Waals surface area contributed by atoms with Crippen LogP contribution in [-0.4, -0.2) is 46.6 Å². The Kier molecular flexibility index (Phi) is 3.96. The van der Waals surface area contributed by atoms with Crippen LogP contribution < -0.4 is 4.90 Å². The fraction of sp³-hybridized carbons (Fsp3) is 0.500. The van der Waals surface area contributed by atoms with Crippen molar-refractivity contribution in [2.45, 2.75) is 32.2 Å². The Morgan fingerprint density at radius 2 is 2.04 bits per heavy atom. The first-order chi connectivity index (χ1) is 11.7. The number of nitrogens with zero attached hydrogens (tertiary/aromatic N) is 4. The van der Waals surface area contributed by atoms with Crippen molar-refractivity contribution in [2.75, 3.05) is 24.5 Å². The lowest BCUT2D eigenvalue weighted by molar-refractivity contribution is 0.0748. The number of amides is 1. The van der Waals surface area contributed by atoms with Crippen molar-refractivity contribution in [1.82, 2.24) is 15.0 Å². The minimum absolute atomic E-state index is 0.0174. The molecule has 2 aromatic heterocycles. The van der Waals surface area contributed by atoms with Crippen molar-refractivity contribution in [3.8, 4) is 0 Å². The molecule has 0 spiro atoms. The van der Waals surface area contributed by atoms with E-state index >= 15 is 0 Å². The van der Waals surface area contributed by atoms with E-state index in [1.807, 2.05) is 23.2 Å². The van der Waals surface area contributed by atoms with Crippen molar-refractivity contribution in [3.05, 3.63) is 41.9 Å². The summed E-state index contributed by atoms with van der Waals surface area (Å²) in [5, 5.41) is 3.87. The molecule has 4 rings (SSSR count). The van der Waals surface area contributed by atoms with Gasteiger partial charge in [-0.1, -0.05) is 11.2 Å². The number of carbonyl (C=O) groups is 1. The van der Waals surface area contributed by atoms with Gasteiger partial charge < -0.3 is 14.3 Å². The van der Waals surface area contributed by atoms with E-state index in [0.717, 1.165) is 38.3 Å². The smallest absolute Gasteiger partial charge is 0.276 e. The van der Waals surface area contributed by atoms with E-state index in [0.29, 0.717) is 23.4 Å². The Labute approximate surface area is 141 Å². The normalized spacial score (nSPS) is 23.9. The van der Waals surface area contributed by atoms with Gasteiger partial charge in [0.15, 0.2) is 5.69 Å². The zero-order valence-electron chi connectivity index (χ0n) is 13.9. The predicted molar refractivity (Wildman–Crippen MR) is 89.9 cm³/mol. The molecule has 2 saturated heterocycles. The second-order valence-corrected chi connectivity index (χ2v) is 6.69. The third-order valence-electron chi connectivity index (χ3n) is 5.23. The predicted octanol–water partition coefficient (Wildman–Crippen LogP) is 2.51. The molecule has 1 amide bonds. The third-order valence-corrected chi connectivity index (χ3v) is 5.23. The number of likely N-dealkylation sites (tertiary alicyclic amines) is 1. The zero-order chi connectivity index (χ0) is 16.5. The maximum Gasteiger partial charge on any atom is 0.276 e. The standard InChI is InChI=1S/C18H22N4O2/c1-13-12-15(20-24-13)18(23)21-9-5-14-6-11-22(16(14)7-10-21)17-4-2-3-8-19-17/h2-4,8,12,14,16H,5-7,9-11H2,1H3/t14-,16+/m1/s1. The van der Waals surface area contributed by atoms with Gasteiger partial charge in [-0.05, 0) is 44.2 Å². The molecule has 126 valence electrons. The Balaban J connectivity index is 1.48. The summed E-state index contributed by atoms with van der Waals surface area (Å²) in [7, 11) is 0. The molecule has 2 aliphatic rings. The van der Waals surface area contributed by atoms with Crippen LogP contribution in [0.15, 0.2) is 35.0 Å². The lowest BCUT2D eigenvalue weighted by atomic mass is 9.96. The lowest BCUT2D eigenvalue weighted by Crippen LogP contribution is -2.36. The molecule has 6 nitrogen and oxygen atoms in total. The molecule has 0 aromatic carbocycles. The maximum atomic E-state index is 12.6. The molecular formula is C18H22N4O2.